The van der Waals surface area contributed by atoms with Crippen LogP contribution in [0.5, 0.6) is 0 Å². The average molecular weight is 623 g/mol. The van der Waals surface area contributed by atoms with Crippen molar-refractivity contribution in [3.05, 3.63) is 78.4 Å². The number of H-pyrrole nitrogens is 2. The summed E-state index contributed by atoms with van der Waals surface area (Å²) in [6.45, 7) is 6.90. The third-order valence-corrected chi connectivity index (χ3v) is 9.68. The zero-order valence-electron chi connectivity index (χ0n) is 25.6. The molecule has 4 aromatic heterocycles. The molecule has 1 aliphatic carbocycles. The summed E-state index contributed by atoms with van der Waals surface area (Å²) in [6, 6.07) is 16.0. The van der Waals surface area contributed by atoms with E-state index < -0.39 is 11.5 Å². The van der Waals surface area contributed by atoms with E-state index in [2.05, 4.69) is 40.9 Å². The quantitative estimate of drug-likeness (QED) is 0.257. The summed E-state index contributed by atoms with van der Waals surface area (Å²) in [6.07, 6.45) is 4.17. The molecular weight excluding hydrogens is 584 g/mol. The summed E-state index contributed by atoms with van der Waals surface area (Å²) in [5.74, 6) is -0.121. The monoisotopic (exact) mass is 622 g/mol. The molecule has 5 aromatic rings. The Morgan fingerprint density at radius 3 is 2.50 bits per heavy atom. The summed E-state index contributed by atoms with van der Waals surface area (Å²) in [4.78, 5) is 56.8. The number of nitrogens with one attached hydrogen (secondary N) is 3. The predicted molar refractivity (Wildman–Crippen MR) is 173 cm³/mol. The summed E-state index contributed by atoms with van der Waals surface area (Å²) in [7, 11) is 0. The second-order valence-corrected chi connectivity index (χ2v) is 13.5. The van der Waals surface area contributed by atoms with Crippen LogP contribution in [-0.2, 0) is 4.79 Å². The van der Waals surface area contributed by atoms with Gasteiger partial charge in [-0.25, -0.2) is 0 Å². The molecule has 6 heterocycles. The van der Waals surface area contributed by atoms with Gasteiger partial charge in [0.2, 0.25) is 11.7 Å². The van der Waals surface area contributed by atoms with Gasteiger partial charge < -0.3 is 20.1 Å². The number of rotatable bonds is 6. The summed E-state index contributed by atoms with van der Waals surface area (Å²) in [5, 5.41) is 17.9. The molecule has 0 bridgehead atoms. The number of aromatic nitrogens is 7. The van der Waals surface area contributed by atoms with E-state index in [1.807, 2.05) is 73.0 Å². The van der Waals surface area contributed by atoms with Crippen molar-refractivity contribution in [2.75, 3.05) is 13.1 Å². The number of hydrogen-bond acceptors (Lipinski definition) is 8. The van der Waals surface area contributed by atoms with Crippen LogP contribution >= 0.6 is 0 Å². The molecule has 0 radical (unpaired) electrons. The Bertz CT molecular complexity index is 1960. The van der Waals surface area contributed by atoms with Crippen molar-refractivity contribution in [1.82, 2.24) is 50.7 Å². The first-order chi connectivity index (χ1) is 22.1. The number of nitrogens with zero attached hydrogens (tertiary/aromatic N) is 7. The van der Waals surface area contributed by atoms with Crippen LogP contribution in [0.15, 0.2) is 67.0 Å². The Hall–Kier alpha value is -5.46. The number of carbonyl (C=O) groups is 3. The summed E-state index contributed by atoms with van der Waals surface area (Å²) >= 11 is 0. The van der Waals surface area contributed by atoms with Crippen LogP contribution < -0.4 is 5.32 Å². The van der Waals surface area contributed by atoms with Crippen molar-refractivity contribution >= 4 is 28.6 Å². The number of piperidine rings is 1. The number of fused-ring (bicyclic) bond motifs is 1. The van der Waals surface area contributed by atoms with Gasteiger partial charge in [0.15, 0.2) is 0 Å². The SMILES string of the molecule is CC(C)(C)[C@H](NC(=O)c1cc2ccccc2[nH]1)C(=O)N1C[C@H]2N(C(=O)c3ccc(-c4ccc(-c5nn[nH]n5)cn4)cn3)CC23C[C@H]13.[HH].[HH].[HH]. The Kier molecular flexibility index (Phi) is 6.11. The van der Waals surface area contributed by atoms with Crippen LogP contribution in [0.2, 0.25) is 0 Å². The third-order valence-electron chi connectivity index (χ3n) is 9.68. The van der Waals surface area contributed by atoms with Gasteiger partial charge in [0.25, 0.3) is 11.8 Å². The lowest BCUT2D eigenvalue weighted by Crippen LogP contribution is -2.61. The first-order valence-corrected chi connectivity index (χ1v) is 15.3. The van der Waals surface area contributed by atoms with Gasteiger partial charge in [-0.15, -0.1) is 10.2 Å². The van der Waals surface area contributed by atoms with E-state index in [0.29, 0.717) is 36.0 Å². The van der Waals surface area contributed by atoms with Crippen LogP contribution in [0, 0.1) is 10.8 Å². The second-order valence-electron chi connectivity index (χ2n) is 13.5. The van der Waals surface area contributed by atoms with E-state index in [1.54, 1.807) is 24.5 Å². The molecule has 13 nitrogen and oxygen atoms in total. The highest BCUT2D eigenvalue weighted by Gasteiger charge is 2.76. The van der Waals surface area contributed by atoms with Crippen molar-refractivity contribution in [2.45, 2.75) is 45.3 Å². The topological polar surface area (TPSA) is 166 Å². The zero-order valence-corrected chi connectivity index (χ0v) is 25.6. The minimum absolute atomic E-state index is 0. The van der Waals surface area contributed by atoms with Crippen LogP contribution in [0.4, 0.5) is 0 Å². The van der Waals surface area contributed by atoms with E-state index in [4.69, 9.17) is 0 Å². The molecule has 2 aliphatic heterocycles. The van der Waals surface area contributed by atoms with Crippen LogP contribution in [0.1, 0.15) is 52.4 Å². The maximum Gasteiger partial charge on any atom is 0.272 e. The molecule has 1 spiro atoms. The van der Waals surface area contributed by atoms with Gasteiger partial charge in [0, 0.05) is 63.2 Å². The van der Waals surface area contributed by atoms with Crippen molar-refractivity contribution in [3.8, 4) is 22.6 Å². The molecule has 2 saturated heterocycles. The Balaban J connectivity index is 0.00000156. The van der Waals surface area contributed by atoms with E-state index >= 15 is 0 Å². The van der Waals surface area contributed by atoms with E-state index in [-0.39, 0.29) is 39.5 Å². The Labute approximate surface area is 268 Å². The predicted octanol–water partition coefficient (Wildman–Crippen LogP) is 3.81. The number of carbonyl (C=O) groups excluding carboxylic acids is 3. The van der Waals surface area contributed by atoms with Gasteiger partial charge in [-0.05, 0) is 53.4 Å². The molecule has 3 N–H and O–H groups in total. The highest BCUT2D eigenvalue weighted by atomic mass is 16.2. The molecule has 3 amide bonds. The number of para-hydroxylation sites is 1. The molecule has 3 aliphatic rings. The fraction of sp³-hybridized carbons (Fsp3) is 0.333. The minimum atomic E-state index is -0.727. The lowest BCUT2D eigenvalue weighted by molar-refractivity contribution is -0.135. The van der Waals surface area contributed by atoms with E-state index in [1.165, 1.54) is 0 Å². The van der Waals surface area contributed by atoms with Crippen LogP contribution in [0.3, 0.4) is 0 Å². The number of likely N-dealkylation sites (tertiary alicyclic amines) is 2. The van der Waals surface area contributed by atoms with E-state index in [0.717, 1.165) is 28.5 Å². The zero-order chi connectivity index (χ0) is 31.8. The molecule has 13 heteroatoms. The Morgan fingerprint density at radius 1 is 1.00 bits per heavy atom. The third kappa shape index (κ3) is 4.44. The summed E-state index contributed by atoms with van der Waals surface area (Å²) < 4.78 is 0. The van der Waals surface area contributed by atoms with Crippen molar-refractivity contribution in [2.24, 2.45) is 10.8 Å². The molecule has 4 atom stereocenters. The second kappa shape index (κ2) is 10.0. The fourth-order valence-corrected chi connectivity index (χ4v) is 7.05. The largest absolute Gasteiger partial charge is 0.351 e. The fourth-order valence-electron chi connectivity index (χ4n) is 7.05. The lowest BCUT2D eigenvalue weighted by Gasteiger charge is -2.46. The molecule has 1 unspecified atom stereocenters. The lowest BCUT2D eigenvalue weighted by atomic mass is 9.85. The number of aromatic amines is 2. The number of pyridine rings is 2. The molecule has 8 rings (SSSR count). The average Bonchev–Trinajstić information content (AvgIpc) is 3.35. The Morgan fingerprint density at radius 2 is 1.80 bits per heavy atom. The van der Waals surface area contributed by atoms with Gasteiger partial charge in [-0.3, -0.25) is 24.4 Å². The van der Waals surface area contributed by atoms with Gasteiger partial charge in [0.1, 0.15) is 17.4 Å². The number of hydrogen-bond donors (Lipinski definition) is 3. The maximum absolute atomic E-state index is 14.1. The normalized spacial score (nSPS) is 22.2. The molecule has 238 valence electrons. The first-order valence-electron chi connectivity index (χ1n) is 15.3. The van der Waals surface area contributed by atoms with Crippen LogP contribution in [-0.4, -0.2) is 94.3 Å². The standard InChI is InChI=1S/C33H32N10O3.3H2/c1-32(2,3)27(37-29(44)24-12-18-6-4-5-7-22(18)36-24)31(46)42-16-26-33(13-25(33)42)17-43(26)30(45)23-11-8-19(14-35-23)21-10-9-20(15-34-21)28-38-40-41-39-28;;;/h4-12,14-15,25-27,36H,13,16-17H2,1-3H3,(H,37,44)(H,38,39,40,41);3*1H/t25-,26+,27+,33?;;;/m0.../s1. The molecule has 3 fully saturated rings. The number of tetrazole rings is 1. The number of benzene rings is 1. The highest BCUT2D eigenvalue weighted by molar-refractivity contribution is 6.00. The smallest absolute Gasteiger partial charge is 0.272 e. The van der Waals surface area contributed by atoms with Gasteiger partial charge in [-0.1, -0.05) is 39.0 Å². The van der Waals surface area contributed by atoms with Crippen molar-refractivity contribution in [3.63, 3.8) is 0 Å². The summed E-state index contributed by atoms with van der Waals surface area (Å²) in [5.41, 5.74) is 3.25. The number of amides is 3. The molecular formula is C33H38N10O3. The molecule has 1 saturated carbocycles. The van der Waals surface area contributed by atoms with Gasteiger partial charge >= 0.3 is 0 Å². The van der Waals surface area contributed by atoms with E-state index in [9.17, 15) is 14.4 Å². The van der Waals surface area contributed by atoms with Crippen LogP contribution in [0.25, 0.3) is 33.5 Å². The van der Waals surface area contributed by atoms with Crippen molar-refractivity contribution in [1.29, 1.82) is 0 Å². The van der Waals surface area contributed by atoms with Crippen molar-refractivity contribution < 1.29 is 18.7 Å². The molecule has 46 heavy (non-hydrogen) atoms. The molecule has 1 aromatic carbocycles. The minimum Gasteiger partial charge on any atom is -0.351 e. The van der Waals surface area contributed by atoms with Gasteiger partial charge in [-0.2, -0.15) is 5.21 Å². The highest BCUT2D eigenvalue weighted by Crippen LogP contribution is 2.65. The first kappa shape index (κ1) is 28.0. The van der Waals surface area contributed by atoms with Gasteiger partial charge in [0.05, 0.1) is 11.7 Å². The maximum atomic E-state index is 14.1.